The number of benzene rings is 2. The van der Waals surface area contributed by atoms with Crippen molar-refractivity contribution in [3.63, 3.8) is 0 Å². The molecule has 0 bridgehead atoms. The Balaban J connectivity index is 1.91. The monoisotopic (exact) mass is 320 g/mol. The highest BCUT2D eigenvalue weighted by atomic mass is 35.5. The van der Waals surface area contributed by atoms with Crippen LogP contribution in [0.1, 0.15) is 5.56 Å². The van der Waals surface area contributed by atoms with E-state index in [2.05, 4.69) is 5.32 Å². The molecule has 1 amide bonds. The normalized spacial score (nSPS) is 9.76. The van der Waals surface area contributed by atoms with Crippen LogP contribution in [0, 0.1) is 11.3 Å². The number of nitriles is 1. The average Bonchev–Trinajstić information content (AvgIpc) is 2.48. The van der Waals surface area contributed by atoms with Gasteiger partial charge in [-0.1, -0.05) is 23.2 Å². The molecule has 106 valence electrons. The second kappa shape index (κ2) is 6.98. The van der Waals surface area contributed by atoms with Gasteiger partial charge in [-0.3, -0.25) is 4.79 Å². The number of carbonyl (C=O) groups excluding carboxylic acids is 1. The zero-order valence-electron chi connectivity index (χ0n) is 10.8. The molecule has 1 N–H and O–H groups in total. The molecule has 4 nitrogen and oxygen atoms in total. The molecule has 2 aromatic carbocycles. The van der Waals surface area contributed by atoms with Gasteiger partial charge in [-0.15, -0.1) is 0 Å². The van der Waals surface area contributed by atoms with Crippen LogP contribution in [0.5, 0.6) is 5.75 Å². The summed E-state index contributed by atoms with van der Waals surface area (Å²) in [7, 11) is 0. The van der Waals surface area contributed by atoms with Crippen molar-refractivity contribution in [2.24, 2.45) is 0 Å². The number of nitrogens with one attached hydrogen (secondary N) is 1. The maximum absolute atomic E-state index is 11.8. The summed E-state index contributed by atoms with van der Waals surface area (Å²) in [5.74, 6) is 0.162. The fourth-order valence-corrected chi connectivity index (χ4v) is 2.01. The maximum Gasteiger partial charge on any atom is 0.262 e. The summed E-state index contributed by atoms with van der Waals surface area (Å²) in [6.45, 7) is -0.162. The Morgan fingerprint density at radius 1 is 1.19 bits per heavy atom. The number of nitrogens with zero attached hydrogens (tertiary/aromatic N) is 1. The first kappa shape index (κ1) is 15.2. The van der Waals surface area contributed by atoms with Crippen LogP contribution >= 0.6 is 23.2 Å². The van der Waals surface area contributed by atoms with Gasteiger partial charge in [0, 0.05) is 5.02 Å². The number of hydrogen-bond donors (Lipinski definition) is 1. The number of amides is 1. The predicted molar refractivity (Wildman–Crippen MR) is 81.7 cm³/mol. The van der Waals surface area contributed by atoms with Crippen molar-refractivity contribution >= 4 is 34.8 Å². The highest BCUT2D eigenvalue weighted by Crippen LogP contribution is 2.25. The van der Waals surface area contributed by atoms with E-state index < -0.39 is 0 Å². The largest absolute Gasteiger partial charge is 0.484 e. The molecule has 0 atom stereocenters. The van der Waals surface area contributed by atoms with Crippen LogP contribution in [-0.2, 0) is 4.79 Å². The maximum atomic E-state index is 11.8. The number of halogens is 2. The summed E-state index contributed by atoms with van der Waals surface area (Å²) < 4.78 is 5.31. The third-order valence-electron chi connectivity index (χ3n) is 2.56. The van der Waals surface area contributed by atoms with Gasteiger partial charge in [-0.05, 0) is 42.5 Å². The molecule has 21 heavy (non-hydrogen) atoms. The molecule has 0 aliphatic heterocycles. The van der Waals surface area contributed by atoms with E-state index in [4.69, 9.17) is 33.2 Å². The van der Waals surface area contributed by atoms with Crippen molar-refractivity contribution < 1.29 is 9.53 Å². The van der Waals surface area contributed by atoms with Gasteiger partial charge >= 0.3 is 0 Å². The molecule has 2 rings (SSSR count). The predicted octanol–water partition coefficient (Wildman–Crippen LogP) is 3.88. The summed E-state index contributed by atoms with van der Waals surface area (Å²) in [5.41, 5.74) is 0.995. The Morgan fingerprint density at radius 2 is 1.90 bits per heavy atom. The van der Waals surface area contributed by atoms with E-state index in [1.54, 1.807) is 42.5 Å². The van der Waals surface area contributed by atoms with Crippen molar-refractivity contribution in [3.05, 3.63) is 58.1 Å². The Bertz CT molecular complexity index is 694. The topological polar surface area (TPSA) is 62.1 Å². The van der Waals surface area contributed by atoms with Gasteiger partial charge in [0.1, 0.15) is 5.75 Å². The Morgan fingerprint density at radius 3 is 2.52 bits per heavy atom. The van der Waals surface area contributed by atoms with E-state index >= 15 is 0 Å². The van der Waals surface area contributed by atoms with Crippen LogP contribution in [0.2, 0.25) is 10.0 Å². The van der Waals surface area contributed by atoms with Gasteiger partial charge in [0.2, 0.25) is 0 Å². The molecule has 2 aromatic rings. The van der Waals surface area contributed by atoms with Crippen LogP contribution < -0.4 is 10.1 Å². The summed E-state index contributed by atoms with van der Waals surface area (Å²) in [4.78, 5) is 11.8. The summed E-state index contributed by atoms with van der Waals surface area (Å²) in [6.07, 6.45) is 0. The van der Waals surface area contributed by atoms with E-state index in [0.29, 0.717) is 27.0 Å². The van der Waals surface area contributed by atoms with Gasteiger partial charge in [0.05, 0.1) is 22.3 Å². The molecule has 0 saturated heterocycles. The minimum absolute atomic E-state index is 0.162. The molecule has 0 fully saturated rings. The molecule has 0 aliphatic carbocycles. The quantitative estimate of drug-likeness (QED) is 0.929. The highest BCUT2D eigenvalue weighted by Gasteiger charge is 2.07. The Hall–Kier alpha value is -2.22. The molecule has 0 heterocycles. The van der Waals surface area contributed by atoms with Crippen LogP contribution in [-0.4, -0.2) is 12.5 Å². The van der Waals surface area contributed by atoms with Crippen molar-refractivity contribution in [1.82, 2.24) is 0 Å². The van der Waals surface area contributed by atoms with Crippen molar-refractivity contribution in [1.29, 1.82) is 5.26 Å². The van der Waals surface area contributed by atoms with E-state index in [0.717, 1.165) is 0 Å². The summed E-state index contributed by atoms with van der Waals surface area (Å²) >= 11 is 11.7. The number of rotatable bonds is 4. The summed E-state index contributed by atoms with van der Waals surface area (Å²) in [5, 5.41) is 12.2. The van der Waals surface area contributed by atoms with E-state index in [-0.39, 0.29) is 12.5 Å². The number of ether oxygens (including phenoxy) is 1. The zero-order valence-corrected chi connectivity index (χ0v) is 12.3. The van der Waals surface area contributed by atoms with Crippen LogP contribution in [0.3, 0.4) is 0 Å². The van der Waals surface area contributed by atoms with Crippen molar-refractivity contribution in [3.8, 4) is 11.8 Å². The standard InChI is InChI=1S/C15H10Cl2N2O2/c16-11-3-6-14(13(17)7-11)19-15(20)9-21-12-4-1-10(8-18)2-5-12/h1-7H,9H2,(H,19,20). The molecule has 0 aromatic heterocycles. The smallest absolute Gasteiger partial charge is 0.262 e. The fourth-order valence-electron chi connectivity index (χ4n) is 1.55. The molecule has 0 saturated carbocycles. The van der Waals surface area contributed by atoms with Crippen molar-refractivity contribution in [2.45, 2.75) is 0 Å². The fraction of sp³-hybridized carbons (Fsp3) is 0.0667. The summed E-state index contributed by atoms with van der Waals surface area (Å²) in [6, 6.07) is 13.3. The number of anilines is 1. The Kier molecular flexibility index (Phi) is 5.04. The van der Waals surface area contributed by atoms with E-state index in [1.807, 2.05) is 6.07 Å². The lowest BCUT2D eigenvalue weighted by atomic mass is 10.2. The lowest BCUT2D eigenvalue weighted by Crippen LogP contribution is -2.20. The van der Waals surface area contributed by atoms with Gasteiger partial charge < -0.3 is 10.1 Å². The second-order valence-corrected chi connectivity index (χ2v) is 4.94. The first-order valence-corrected chi connectivity index (χ1v) is 6.72. The molecule has 0 aliphatic rings. The van der Waals surface area contributed by atoms with Crippen LogP contribution in [0.25, 0.3) is 0 Å². The van der Waals surface area contributed by atoms with E-state index in [1.165, 1.54) is 0 Å². The molecular weight excluding hydrogens is 311 g/mol. The minimum Gasteiger partial charge on any atom is -0.484 e. The van der Waals surface area contributed by atoms with Crippen LogP contribution in [0.15, 0.2) is 42.5 Å². The third kappa shape index (κ3) is 4.38. The third-order valence-corrected chi connectivity index (χ3v) is 3.11. The van der Waals surface area contributed by atoms with Crippen LogP contribution in [0.4, 0.5) is 5.69 Å². The molecule has 0 unspecified atom stereocenters. The van der Waals surface area contributed by atoms with Gasteiger partial charge in [-0.25, -0.2) is 0 Å². The first-order valence-electron chi connectivity index (χ1n) is 5.96. The van der Waals surface area contributed by atoms with Gasteiger partial charge in [0.15, 0.2) is 6.61 Å². The Labute approximate surface area is 131 Å². The molecule has 0 spiro atoms. The lowest BCUT2D eigenvalue weighted by Gasteiger charge is -2.09. The van der Waals surface area contributed by atoms with Gasteiger partial charge in [0.25, 0.3) is 5.91 Å². The number of carbonyl (C=O) groups is 1. The molecular formula is C15H10Cl2N2O2. The highest BCUT2D eigenvalue weighted by molar-refractivity contribution is 6.36. The SMILES string of the molecule is N#Cc1ccc(OCC(=O)Nc2ccc(Cl)cc2Cl)cc1. The molecule has 0 radical (unpaired) electrons. The second-order valence-electron chi connectivity index (χ2n) is 4.10. The lowest BCUT2D eigenvalue weighted by molar-refractivity contribution is -0.118. The zero-order chi connectivity index (χ0) is 15.2. The molecule has 6 heteroatoms. The van der Waals surface area contributed by atoms with E-state index in [9.17, 15) is 4.79 Å². The minimum atomic E-state index is -0.344. The average molecular weight is 321 g/mol. The first-order chi connectivity index (χ1) is 10.1. The number of hydrogen-bond acceptors (Lipinski definition) is 3. The van der Waals surface area contributed by atoms with Gasteiger partial charge in [-0.2, -0.15) is 5.26 Å². The van der Waals surface area contributed by atoms with Crippen molar-refractivity contribution in [2.75, 3.05) is 11.9 Å².